The number of carbonyl (C=O) groups excluding carboxylic acids is 1. The van der Waals surface area contributed by atoms with Crippen LogP contribution in [0.15, 0.2) is 30.3 Å². The average molecular weight is 331 g/mol. The molecule has 2 fully saturated rings. The minimum absolute atomic E-state index is 0.101. The third kappa shape index (κ3) is 4.71. The molecule has 0 unspecified atom stereocenters. The van der Waals surface area contributed by atoms with Crippen molar-refractivity contribution in [2.24, 2.45) is 5.92 Å². The van der Waals surface area contributed by atoms with E-state index < -0.39 is 0 Å². The van der Waals surface area contributed by atoms with E-state index in [-0.39, 0.29) is 24.7 Å². The van der Waals surface area contributed by atoms with E-state index in [2.05, 4.69) is 15.5 Å². The van der Waals surface area contributed by atoms with Gasteiger partial charge in [0.05, 0.1) is 12.6 Å². The molecule has 0 radical (unpaired) electrons. The smallest absolute Gasteiger partial charge is 0.315 e. The third-order valence-electron chi connectivity index (χ3n) is 5.29. The summed E-state index contributed by atoms with van der Waals surface area (Å²) < 4.78 is 0. The van der Waals surface area contributed by atoms with Crippen molar-refractivity contribution < 1.29 is 9.90 Å². The maximum atomic E-state index is 12.2. The fourth-order valence-corrected chi connectivity index (χ4v) is 3.98. The van der Waals surface area contributed by atoms with Gasteiger partial charge in [0.1, 0.15) is 0 Å². The molecule has 0 spiro atoms. The van der Waals surface area contributed by atoms with Gasteiger partial charge in [-0.05, 0) is 30.7 Å². The summed E-state index contributed by atoms with van der Waals surface area (Å²) in [7, 11) is 0. The van der Waals surface area contributed by atoms with Gasteiger partial charge in [-0.3, -0.25) is 0 Å². The average Bonchev–Trinajstić information content (AvgIpc) is 3.26. The van der Waals surface area contributed by atoms with Crippen LogP contribution in [0.5, 0.6) is 0 Å². The maximum absolute atomic E-state index is 12.2. The molecule has 3 rings (SSSR count). The second kappa shape index (κ2) is 8.49. The van der Waals surface area contributed by atoms with E-state index in [0.29, 0.717) is 0 Å². The van der Waals surface area contributed by atoms with Gasteiger partial charge in [0.25, 0.3) is 0 Å². The number of carbonyl (C=O) groups is 1. The lowest BCUT2D eigenvalue weighted by molar-refractivity contribution is 0.213. The second-order valence-corrected chi connectivity index (χ2v) is 7.16. The van der Waals surface area contributed by atoms with Gasteiger partial charge in [-0.2, -0.15) is 0 Å². The standard InChI is InChI=1S/C19H29N3O2/c23-14-18(16-8-2-1-3-9-16)21-19(24)20-17-10-11-22(13-17)12-15-6-4-5-7-15/h1-3,8-9,15,17-18,23H,4-7,10-14H2,(H2,20,21,24)/t17-,18-/m0/s1. The minimum atomic E-state index is -0.359. The van der Waals surface area contributed by atoms with Gasteiger partial charge < -0.3 is 20.6 Å². The van der Waals surface area contributed by atoms with Crippen LogP contribution in [0.2, 0.25) is 0 Å². The molecule has 5 nitrogen and oxygen atoms in total. The first-order valence-corrected chi connectivity index (χ1v) is 9.20. The molecular formula is C19H29N3O2. The van der Waals surface area contributed by atoms with E-state index in [1.807, 2.05) is 30.3 Å². The van der Waals surface area contributed by atoms with Crippen LogP contribution in [0.1, 0.15) is 43.7 Å². The Bertz CT molecular complexity index is 517. The molecule has 1 aromatic rings. The highest BCUT2D eigenvalue weighted by atomic mass is 16.3. The van der Waals surface area contributed by atoms with Crippen LogP contribution in [0.3, 0.4) is 0 Å². The van der Waals surface area contributed by atoms with Crippen LogP contribution in [0, 0.1) is 5.92 Å². The van der Waals surface area contributed by atoms with Crippen LogP contribution in [0.4, 0.5) is 4.79 Å². The molecule has 1 saturated carbocycles. The third-order valence-corrected chi connectivity index (χ3v) is 5.29. The van der Waals surface area contributed by atoms with Crippen molar-refractivity contribution in [2.75, 3.05) is 26.2 Å². The highest BCUT2D eigenvalue weighted by Crippen LogP contribution is 2.26. The number of nitrogens with zero attached hydrogens (tertiary/aromatic N) is 1. The Kier molecular flexibility index (Phi) is 6.10. The predicted octanol–water partition coefficient (Wildman–Crippen LogP) is 2.28. The highest BCUT2D eigenvalue weighted by molar-refractivity contribution is 5.74. The van der Waals surface area contributed by atoms with Crippen molar-refractivity contribution in [1.82, 2.24) is 15.5 Å². The number of urea groups is 1. The van der Waals surface area contributed by atoms with Crippen molar-refractivity contribution in [2.45, 2.75) is 44.2 Å². The zero-order valence-electron chi connectivity index (χ0n) is 14.3. The first-order chi connectivity index (χ1) is 11.7. The van der Waals surface area contributed by atoms with E-state index in [9.17, 15) is 9.90 Å². The summed E-state index contributed by atoms with van der Waals surface area (Å²) in [5.41, 5.74) is 0.921. The summed E-state index contributed by atoms with van der Waals surface area (Å²) in [6.07, 6.45) is 6.50. The van der Waals surface area contributed by atoms with Crippen LogP contribution < -0.4 is 10.6 Å². The minimum Gasteiger partial charge on any atom is -0.394 e. The fraction of sp³-hybridized carbons (Fsp3) is 0.632. The van der Waals surface area contributed by atoms with Crippen LogP contribution in [-0.2, 0) is 0 Å². The molecule has 5 heteroatoms. The number of hydrogen-bond acceptors (Lipinski definition) is 3. The van der Waals surface area contributed by atoms with Gasteiger partial charge in [-0.15, -0.1) is 0 Å². The van der Waals surface area contributed by atoms with Gasteiger partial charge in [-0.25, -0.2) is 4.79 Å². The van der Waals surface area contributed by atoms with E-state index in [1.54, 1.807) is 0 Å². The Morgan fingerprint density at radius 2 is 1.96 bits per heavy atom. The molecule has 24 heavy (non-hydrogen) atoms. The first kappa shape index (κ1) is 17.2. The Morgan fingerprint density at radius 1 is 1.21 bits per heavy atom. The van der Waals surface area contributed by atoms with Crippen LogP contribution in [-0.4, -0.2) is 48.3 Å². The Hall–Kier alpha value is -1.59. The maximum Gasteiger partial charge on any atom is 0.315 e. The number of rotatable bonds is 6. The number of nitrogens with one attached hydrogen (secondary N) is 2. The predicted molar refractivity (Wildman–Crippen MR) is 94.7 cm³/mol. The molecule has 0 bridgehead atoms. The molecular weight excluding hydrogens is 302 g/mol. The van der Waals surface area contributed by atoms with Gasteiger partial charge in [0.2, 0.25) is 0 Å². The zero-order valence-corrected chi connectivity index (χ0v) is 14.3. The topological polar surface area (TPSA) is 64.6 Å². The normalized spacial score (nSPS) is 23.3. The summed E-state index contributed by atoms with van der Waals surface area (Å²) in [5, 5.41) is 15.5. The number of likely N-dealkylation sites (tertiary alicyclic amines) is 1. The Morgan fingerprint density at radius 3 is 2.67 bits per heavy atom. The van der Waals surface area contributed by atoms with Crippen molar-refractivity contribution in [3.05, 3.63) is 35.9 Å². The molecule has 3 N–H and O–H groups in total. The number of aliphatic hydroxyl groups is 1. The summed E-state index contributed by atoms with van der Waals surface area (Å²) in [5.74, 6) is 0.856. The van der Waals surface area contributed by atoms with Crippen molar-refractivity contribution in [3.63, 3.8) is 0 Å². The van der Waals surface area contributed by atoms with E-state index in [0.717, 1.165) is 31.0 Å². The quantitative estimate of drug-likeness (QED) is 0.749. The van der Waals surface area contributed by atoms with Gasteiger partial charge in [0, 0.05) is 25.7 Å². The van der Waals surface area contributed by atoms with Crippen molar-refractivity contribution in [3.8, 4) is 0 Å². The molecule has 1 aromatic carbocycles. The number of amides is 2. The lowest BCUT2D eigenvalue weighted by Crippen LogP contribution is -2.45. The molecule has 1 saturated heterocycles. The molecule has 2 aliphatic rings. The van der Waals surface area contributed by atoms with Crippen molar-refractivity contribution in [1.29, 1.82) is 0 Å². The molecule has 1 aliphatic heterocycles. The lowest BCUT2D eigenvalue weighted by atomic mass is 10.1. The second-order valence-electron chi connectivity index (χ2n) is 7.16. The van der Waals surface area contributed by atoms with Crippen LogP contribution in [0.25, 0.3) is 0 Å². The van der Waals surface area contributed by atoms with Gasteiger partial charge >= 0.3 is 6.03 Å². The van der Waals surface area contributed by atoms with E-state index in [4.69, 9.17) is 0 Å². The van der Waals surface area contributed by atoms with Crippen molar-refractivity contribution >= 4 is 6.03 Å². The fourth-order valence-electron chi connectivity index (χ4n) is 3.98. The number of hydrogen-bond donors (Lipinski definition) is 3. The van der Waals surface area contributed by atoms with Gasteiger partial charge in [0.15, 0.2) is 0 Å². The SMILES string of the molecule is O=C(N[C@H]1CCN(CC2CCCC2)C1)N[C@@H](CO)c1ccccc1. The van der Waals surface area contributed by atoms with Crippen LogP contribution >= 0.6 is 0 Å². The van der Waals surface area contributed by atoms with Gasteiger partial charge in [-0.1, -0.05) is 43.2 Å². The highest BCUT2D eigenvalue weighted by Gasteiger charge is 2.27. The summed E-state index contributed by atoms with van der Waals surface area (Å²) in [6.45, 7) is 3.10. The molecule has 1 aliphatic carbocycles. The molecule has 2 amide bonds. The number of aliphatic hydroxyl groups excluding tert-OH is 1. The zero-order chi connectivity index (χ0) is 16.8. The summed E-state index contributed by atoms with van der Waals surface area (Å²) >= 11 is 0. The Balaban J connectivity index is 1.43. The molecule has 2 atom stereocenters. The number of benzene rings is 1. The lowest BCUT2D eigenvalue weighted by Gasteiger charge is -2.21. The van der Waals surface area contributed by atoms with E-state index >= 15 is 0 Å². The largest absolute Gasteiger partial charge is 0.394 e. The van der Waals surface area contributed by atoms with E-state index in [1.165, 1.54) is 32.2 Å². The molecule has 132 valence electrons. The first-order valence-electron chi connectivity index (χ1n) is 9.20. The molecule has 0 aromatic heterocycles. The summed E-state index contributed by atoms with van der Waals surface area (Å²) in [6, 6.07) is 9.25. The summed E-state index contributed by atoms with van der Waals surface area (Å²) in [4.78, 5) is 14.7. The monoisotopic (exact) mass is 331 g/mol. The molecule has 1 heterocycles. The Labute approximate surface area is 144 Å².